The standard InChI is InChI=1S/C17H17Cl3N2O3S2/c1-22-6-4-10(5-7-22)25-17(24)11-3-2-9(8-12(11)23)21-27-14-13(18)15(19)26-16(14)20/h2-3,8,10,21,23H,4-7H2,1H3. The average molecular weight is 468 g/mol. The molecule has 0 radical (unpaired) electrons. The number of rotatable bonds is 5. The van der Waals surface area contributed by atoms with Gasteiger partial charge < -0.3 is 19.5 Å². The van der Waals surface area contributed by atoms with Crippen molar-refractivity contribution < 1.29 is 14.6 Å². The molecule has 1 aromatic carbocycles. The normalized spacial score (nSPS) is 15.7. The van der Waals surface area contributed by atoms with E-state index in [1.165, 1.54) is 35.4 Å². The Hall–Kier alpha value is -0.830. The predicted octanol–water partition coefficient (Wildman–Crippen LogP) is 5.78. The van der Waals surface area contributed by atoms with Crippen LogP contribution in [0.4, 0.5) is 5.69 Å². The lowest BCUT2D eigenvalue weighted by Gasteiger charge is -2.28. The lowest BCUT2D eigenvalue weighted by Crippen LogP contribution is -2.35. The summed E-state index contributed by atoms with van der Waals surface area (Å²) in [5, 5.41) is 10.6. The van der Waals surface area contributed by atoms with Crippen LogP contribution < -0.4 is 4.72 Å². The van der Waals surface area contributed by atoms with Gasteiger partial charge in [-0.25, -0.2) is 4.79 Å². The fourth-order valence-electron chi connectivity index (χ4n) is 2.63. The van der Waals surface area contributed by atoms with Gasteiger partial charge in [0, 0.05) is 24.8 Å². The van der Waals surface area contributed by atoms with E-state index in [0.29, 0.717) is 24.3 Å². The van der Waals surface area contributed by atoms with Gasteiger partial charge in [0.25, 0.3) is 0 Å². The van der Waals surface area contributed by atoms with Crippen LogP contribution in [0.5, 0.6) is 5.75 Å². The number of phenolic OH excluding ortho intramolecular Hbond substituents is 1. The van der Waals surface area contributed by atoms with E-state index in [2.05, 4.69) is 9.62 Å². The van der Waals surface area contributed by atoms with Gasteiger partial charge in [-0.2, -0.15) is 0 Å². The Labute approximate surface area is 180 Å². The zero-order valence-electron chi connectivity index (χ0n) is 14.3. The number of carbonyl (C=O) groups excluding carboxylic acids is 1. The quantitative estimate of drug-likeness (QED) is 0.429. The summed E-state index contributed by atoms with van der Waals surface area (Å²) in [4.78, 5) is 15.1. The van der Waals surface area contributed by atoms with Gasteiger partial charge in [0.15, 0.2) is 0 Å². The molecular formula is C17H17Cl3N2O3S2. The molecule has 2 heterocycles. The number of halogens is 3. The van der Waals surface area contributed by atoms with Gasteiger partial charge in [0.2, 0.25) is 0 Å². The number of hydrogen-bond donors (Lipinski definition) is 2. The summed E-state index contributed by atoms with van der Waals surface area (Å²) in [7, 11) is 2.04. The maximum absolute atomic E-state index is 12.3. The van der Waals surface area contributed by atoms with Crippen molar-refractivity contribution in [2.45, 2.75) is 23.8 Å². The Morgan fingerprint density at radius 3 is 2.59 bits per heavy atom. The first-order valence-corrected chi connectivity index (χ1v) is 10.9. The van der Waals surface area contributed by atoms with Crippen molar-refractivity contribution in [1.82, 2.24) is 4.90 Å². The van der Waals surface area contributed by atoms with E-state index in [4.69, 9.17) is 39.5 Å². The molecule has 0 unspecified atom stereocenters. The topological polar surface area (TPSA) is 61.8 Å². The smallest absolute Gasteiger partial charge is 0.342 e. The Morgan fingerprint density at radius 2 is 2.00 bits per heavy atom. The van der Waals surface area contributed by atoms with E-state index < -0.39 is 5.97 Å². The Bertz CT molecular complexity index is 839. The lowest BCUT2D eigenvalue weighted by atomic mass is 10.1. The van der Waals surface area contributed by atoms with Crippen LogP contribution in [0.15, 0.2) is 23.1 Å². The molecule has 3 rings (SSSR count). The number of esters is 1. The second-order valence-electron chi connectivity index (χ2n) is 6.14. The van der Waals surface area contributed by atoms with Crippen LogP contribution in [0.25, 0.3) is 0 Å². The molecule has 0 amide bonds. The highest BCUT2D eigenvalue weighted by Crippen LogP contribution is 2.45. The van der Waals surface area contributed by atoms with Crippen LogP contribution >= 0.6 is 58.1 Å². The third kappa shape index (κ3) is 5.16. The SMILES string of the molecule is CN1CCC(OC(=O)c2ccc(NSc3c(Cl)sc(Cl)c3Cl)cc2O)CC1. The van der Waals surface area contributed by atoms with E-state index in [1.807, 2.05) is 7.05 Å². The fourth-order valence-corrected chi connectivity index (χ4v) is 5.48. The van der Waals surface area contributed by atoms with Gasteiger partial charge in [-0.3, -0.25) is 0 Å². The molecule has 1 saturated heterocycles. The minimum Gasteiger partial charge on any atom is -0.507 e. The monoisotopic (exact) mass is 466 g/mol. The number of thiophene rings is 1. The minimum absolute atomic E-state index is 0.117. The summed E-state index contributed by atoms with van der Waals surface area (Å²) >= 11 is 20.5. The van der Waals surface area contributed by atoms with Gasteiger partial charge in [0.1, 0.15) is 26.1 Å². The summed E-state index contributed by atoms with van der Waals surface area (Å²) in [6.45, 7) is 1.78. The molecule has 0 atom stereocenters. The zero-order valence-corrected chi connectivity index (χ0v) is 18.2. The maximum Gasteiger partial charge on any atom is 0.342 e. The number of phenols is 1. The molecule has 2 aromatic rings. The van der Waals surface area contributed by atoms with Gasteiger partial charge in [-0.15, -0.1) is 11.3 Å². The van der Waals surface area contributed by atoms with E-state index in [9.17, 15) is 9.90 Å². The first-order chi connectivity index (χ1) is 12.8. The minimum atomic E-state index is -0.517. The number of aromatic hydroxyl groups is 1. The first-order valence-electron chi connectivity index (χ1n) is 8.14. The number of ether oxygens (including phenoxy) is 1. The summed E-state index contributed by atoms with van der Waals surface area (Å²) in [5.41, 5.74) is 0.724. The van der Waals surface area contributed by atoms with Crippen molar-refractivity contribution in [2.24, 2.45) is 0 Å². The van der Waals surface area contributed by atoms with Gasteiger partial charge >= 0.3 is 5.97 Å². The highest BCUT2D eigenvalue weighted by Gasteiger charge is 2.23. The van der Waals surface area contributed by atoms with Crippen LogP contribution in [-0.4, -0.2) is 42.2 Å². The van der Waals surface area contributed by atoms with Gasteiger partial charge in [-0.1, -0.05) is 34.8 Å². The second-order valence-corrected chi connectivity index (χ2v) is 9.56. The number of nitrogens with one attached hydrogen (secondary N) is 1. The highest BCUT2D eigenvalue weighted by atomic mass is 35.5. The Morgan fingerprint density at radius 1 is 1.30 bits per heavy atom. The molecule has 1 aliphatic rings. The zero-order chi connectivity index (χ0) is 19.6. The number of likely N-dealkylation sites (tertiary alicyclic amines) is 1. The number of nitrogens with zero attached hydrogens (tertiary/aromatic N) is 1. The average Bonchev–Trinajstić information content (AvgIpc) is 2.87. The number of anilines is 1. The van der Waals surface area contributed by atoms with Gasteiger partial charge in [0.05, 0.1) is 9.92 Å². The highest BCUT2D eigenvalue weighted by molar-refractivity contribution is 8.01. The maximum atomic E-state index is 12.3. The van der Waals surface area contributed by atoms with Crippen molar-refractivity contribution in [3.63, 3.8) is 0 Å². The number of carbonyl (C=O) groups is 1. The molecule has 27 heavy (non-hydrogen) atoms. The van der Waals surface area contributed by atoms with E-state index >= 15 is 0 Å². The molecule has 0 aliphatic carbocycles. The van der Waals surface area contributed by atoms with Crippen molar-refractivity contribution in [1.29, 1.82) is 0 Å². The Balaban J connectivity index is 1.62. The van der Waals surface area contributed by atoms with E-state index in [0.717, 1.165) is 25.9 Å². The molecule has 0 spiro atoms. The van der Waals surface area contributed by atoms with Crippen molar-refractivity contribution in [3.8, 4) is 5.75 Å². The number of piperidine rings is 1. The van der Waals surface area contributed by atoms with E-state index in [-0.39, 0.29) is 17.4 Å². The molecule has 0 saturated carbocycles. The molecule has 2 N–H and O–H groups in total. The molecule has 1 fully saturated rings. The van der Waals surface area contributed by atoms with Crippen LogP contribution in [0.3, 0.4) is 0 Å². The molecule has 146 valence electrons. The number of benzene rings is 1. The van der Waals surface area contributed by atoms with Crippen LogP contribution in [0.1, 0.15) is 23.2 Å². The lowest BCUT2D eigenvalue weighted by molar-refractivity contribution is 0.0137. The third-order valence-electron chi connectivity index (χ3n) is 4.16. The van der Waals surface area contributed by atoms with Crippen LogP contribution in [0, 0.1) is 0 Å². The summed E-state index contributed by atoms with van der Waals surface area (Å²) in [6.07, 6.45) is 1.47. The molecule has 0 bridgehead atoms. The van der Waals surface area contributed by atoms with Crippen molar-refractivity contribution in [2.75, 3.05) is 24.9 Å². The largest absolute Gasteiger partial charge is 0.507 e. The van der Waals surface area contributed by atoms with Crippen LogP contribution in [-0.2, 0) is 4.74 Å². The molecule has 10 heteroatoms. The van der Waals surface area contributed by atoms with Crippen LogP contribution in [0.2, 0.25) is 13.7 Å². The predicted molar refractivity (Wildman–Crippen MR) is 113 cm³/mol. The fraction of sp³-hybridized carbons (Fsp3) is 0.353. The van der Waals surface area contributed by atoms with Crippen molar-refractivity contribution >= 4 is 69.7 Å². The summed E-state index contributed by atoms with van der Waals surface area (Å²) < 4.78 is 9.43. The molecule has 5 nitrogen and oxygen atoms in total. The first kappa shape index (κ1) is 20.9. The van der Waals surface area contributed by atoms with E-state index in [1.54, 1.807) is 6.07 Å². The third-order valence-corrected chi connectivity index (χ3v) is 7.66. The number of hydrogen-bond acceptors (Lipinski definition) is 7. The summed E-state index contributed by atoms with van der Waals surface area (Å²) in [6, 6.07) is 4.65. The Kier molecular flexibility index (Phi) is 7.05. The van der Waals surface area contributed by atoms with Gasteiger partial charge in [-0.05, 0) is 44.0 Å². The second kappa shape index (κ2) is 9.11. The molecule has 1 aliphatic heterocycles. The summed E-state index contributed by atoms with van der Waals surface area (Å²) in [5.74, 6) is -0.670. The van der Waals surface area contributed by atoms with Crippen molar-refractivity contribution in [3.05, 3.63) is 37.5 Å². The molecular weight excluding hydrogens is 451 g/mol. The molecule has 1 aromatic heterocycles.